The Morgan fingerprint density at radius 1 is 0.933 bits per heavy atom. The zero-order chi connectivity index (χ0) is 20.9. The average Bonchev–Trinajstić information content (AvgIpc) is 3.18. The van der Waals surface area contributed by atoms with Gasteiger partial charge in [0.15, 0.2) is 0 Å². The van der Waals surface area contributed by atoms with E-state index in [0.717, 1.165) is 23.2 Å². The van der Waals surface area contributed by atoms with Crippen molar-refractivity contribution in [2.24, 2.45) is 0 Å². The van der Waals surface area contributed by atoms with Crippen molar-refractivity contribution in [1.29, 1.82) is 0 Å². The van der Waals surface area contributed by atoms with Gasteiger partial charge in [-0.05, 0) is 49.2 Å². The average molecular weight is 402 g/mol. The van der Waals surface area contributed by atoms with E-state index < -0.39 is 0 Å². The summed E-state index contributed by atoms with van der Waals surface area (Å²) in [5.74, 6) is 0.147. The van der Waals surface area contributed by atoms with Crippen molar-refractivity contribution in [1.82, 2.24) is 19.6 Å². The van der Waals surface area contributed by atoms with Crippen LogP contribution in [0.25, 0.3) is 5.69 Å². The summed E-state index contributed by atoms with van der Waals surface area (Å²) in [6.07, 6.45) is 4.79. The summed E-state index contributed by atoms with van der Waals surface area (Å²) in [4.78, 5) is 29.4. The third-order valence-electron chi connectivity index (χ3n) is 5.46. The predicted octanol–water partition coefficient (Wildman–Crippen LogP) is 3.10. The molecule has 2 amide bonds. The summed E-state index contributed by atoms with van der Waals surface area (Å²) >= 11 is 0. The Morgan fingerprint density at radius 2 is 1.70 bits per heavy atom. The number of hydrogen-bond donors (Lipinski definition) is 0. The number of carbonyl (C=O) groups is 2. The second kappa shape index (κ2) is 8.95. The molecule has 6 nitrogen and oxygen atoms in total. The highest BCUT2D eigenvalue weighted by Gasteiger charge is 2.23. The number of carbonyl (C=O) groups excluding carboxylic acids is 2. The fourth-order valence-electron chi connectivity index (χ4n) is 3.81. The maximum Gasteiger partial charge on any atom is 0.253 e. The standard InChI is InChI=1S/C24H26N4O2/c1-19-5-2-6-21(17-19)24(30)27-13-4-12-26(15-16-27)23(29)18-20-7-9-22(10-8-20)28-14-3-11-25-28/h2-3,5-11,14,17H,4,12-13,15-16,18H2,1H3. The maximum absolute atomic E-state index is 12.8. The quantitative estimate of drug-likeness (QED) is 0.674. The highest BCUT2D eigenvalue weighted by Crippen LogP contribution is 2.14. The van der Waals surface area contributed by atoms with Crippen molar-refractivity contribution in [2.45, 2.75) is 19.8 Å². The van der Waals surface area contributed by atoms with Crippen molar-refractivity contribution in [3.05, 3.63) is 83.7 Å². The van der Waals surface area contributed by atoms with Crippen LogP contribution in [-0.4, -0.2) is 57.6 Å². The van der Waals surface area contributed by atoms with E-state index in [1.165, 1.54) is 0 Å². The molecular weight excluding hydrogens is 376 g/mol. The zero-order valence-corrected chi connectivity index (χ0v) is 17.2. The summed E-state index contributed by atoms with van der Waals surface area (Å²) in [6.45, 7) is 4.48. The second-order valence-corrected chi connectivity index (χ2v) is 7.69. The van der Waals surface area contributed by atoms with E-state index in [1.54, 1.807) is 10.9 Å². The monoisotopic (exact) mass is 402 g/mol. The summed E-state index contributed by atoms with van der Waals surface area (Å²) in [7, 11) is 0. The van der Waals surface area contributed by atoms with Crippen LogP contribution in [0, 0.1) is 6.92 Å². The number of nitrogens with zero attached hydrogens (tertiary/aromatic N) is 4. The molecule has 2 aromatic carbocycles. The van der Waals surface area contributed by atoms with Crippen molar-refractivity contribution in [3.63, 3.8) is 0 Å². The van der Waals surface area contributed by atoms with Crippen LogP contribution in [0.3, 0.4) is 0 Å². The molecule has 2 heterocycles. The normalized spacial score (nSPS) is 14.4. The molecule has 0 bridgehead atoms. The first-order chi connectivity index (χ1) is 14.6. The summed E-state index contributed by atoms with van der Waals surface area (Å²) in [6, 6.07) is 17.4. The Hall–Kier alpha value is -3.41. The fourth-order valence-corrected chi connectivity index (χ4v) is 3.81. The Balaban J connectivity index is 1.35. The zero-order valence-electron chi connectivity index (χ0n) is 17.2. The Bertz CT molecular complexity index is 1010. The van der Waals surface area contributed by atoms with Gasteiger partial charge < -0.3 is 9.80 Å². The van der Waals surface area contributed by atoms with Gasteiger partial charge in [-0.1, -0.05) is 29.8 Å². The molecule has 0 radical (unpaired) electrons. The summed E-state index contributed by atoms with van der Waals surface area (Å²) in [5, 5.41) is 4.22. The lowest BCUT2D eigenvalue weighted by molar-refractivity contribution is -0.130. The van der Waals surface area contributed by atoms with E-state index in [0.29, 0.717) is 38.2 Å². The lowest BCUT2D eigenvalue weighted by Crippen LogP contribution is -2.38. The number of aryl methyl sites for hydroxylation is 1. The maximum atomic E-state index is 12.8. The molecule has 0 spiro atoms. The minimum atomic E-state index is 0.0437. The van der Waals surface area contributed by atoms with Crippen LogP contribution in [0.2, 0.25) is 0 Å². The SMILES string of the molecule is Cc1cccc(C(=O)N2CCCN(C(=O)Cc3ccc(-n4cccn4)cc3)CC2)c1. The molecule has 30 heavy (non-hydrogen) atoms. The highest BCUT2D eigenvalue weighted by atomic mass is 16.2. The van der Waals surface area contributed by atoms with Crippen LogP contribution >= 0.6 is 0 Å². The summed E-state index contributed by atoms with van der Waals surface area (Å²) in [5.41, 5.74) is 3.74. The number of benzene rings is 2. The lowest BCUT2D eigenvalue weighted by Gasteiger charge is -2.22. The topological polar surface area (TPSA) is 58.4 Å². The van der Waals surface area contributed by atoms with Crippen LogP contribution in [0.15, 0.2) is 67.0 Å². The van der Waals surface area contributed by atoms with Gasteiger partial charge in [0.05, 0.1) is 12.1 Å². The first-order valence-electron chi connectivity index (χ1n) is 10.3. The van der Waals surface area contributed by atoms with E-state index in [2.05, 4.69) is 5.10 Å². The predicted molar refractivity (Wildman–Crippen MR) is 116 cm³/mol. The van der Waals surface area contributed by atoms with Crippen molar-refractivity contribution >= 4 is 11.8 Å². The first-order valence-corrected chi connectivity index (χ1v) is 10.3. The first kappa shape index (κ1) is 19.9. The van der Waals surface area contributed by atoms with E-state index in [-0.39, 0.29) is 11.8 Å². The molecule has 1 fully saturated rings. The van der Waals surface area contributed by atoms with Crippen molar-refractivity contribution in [2.75, 3.05) is 26.2 Å². The molecule has 0 unspecified atom stereocenters. The minimum absolute atomic E-state index is 0.0437. The Morgan fingerprint density at radius 3 is 2.43 bits per heavy atom. The van der Waals surface area contributed by atoms with E-state index >= 15 is 0 Å². The largest absolute Gasteiger partial charge is 0.341 e. The molecule has 0 aliphatic carbocycles. The number of amides is 2. The molecule has 154 valence electrons. The smallest absolute Gasteiger partial charge is 0.253 e. The van der Waals surface area contributed by atoms with Gasteiger partial charge in [0, 0.05) is 44.1 Å². The molecule has 1 saturated heterocycles. The minimum Gasteiger partial charge on any atom is -0.341 e. The molecule has 4 rings (SSSR count). The van der Waals surface area contributed by atoms with E-state index in [9.17, 15) is 9.59 Å². The molecule has 1 aliphatic rings. The third-order valence-corrected chi connectivity index (χ3v) is 5.46. The van der Waals surface area contributed by atoms with Crippen LogP contribution < -0.4 is 0 Å². The van der Waals surface area contributed by atoms with Gasteiger partial charge in [0.1, 0.15) is 0 Å². The van der Waals surface area contributed by atoms with Gasteiger partial charge in [-0.15, -0.1) is 0 Å². The molecule has 3 aromatic rings. The Labute approximate surface area is 176 Å². The highest BCUT2D eigenvalue weighted by molar-refractivity contribution is 5.94. The van der Waals surface area contributed by atoms with Crippen LogP contribution in [-0.2, 0) is 11.2 Å². The molecule has 1 aliphatic heterocycles. The lowest BCUT2D eigenvalue weighted by atomic mass is 10.1. The van der Waals surface area contributed by atoms with Gasteiger partial charge in [-0.3, -0.25) is 9.59 Å². The van der Waals surface area contributed by atoms with Crippen LogP contribution in [0.1, 0.15) is 27.9 Å². The molecule has 6 heteroatoms. The van der Waals surface area contributed by atoms with Crippen molar-refractivity contribution in [3.8, 4) is 5.69 Å². The second-order valence-electron chi connectivity index (χ2n) is 7.69. The van der Waals surface area contributed by atoms with Crippen LogP contribution in [0.4, 0.5) is 0 Å². The Kier molecular flexibility index (Phi) is 5.93. The van der Waals surface area contributed by atoms with E-state index in [1.807, 2.05) is 77.5 Å². The van der Waals surface area contributed by atoms with Crippen LogP contribution in [0.5, 0.6) is 0 Å². The van der Waals surface area contributed by atoms with Gasteiger partial charge in [0.25, 0.3) is 5.91 Å². The molecular formula is C24H26N4O2. The molecule has 0 N–H and O–H groups in total. The van der Waals surface area contributed by atoms with Crippen molar-refractivity contribution < 1.29 is 9.59 Å². The third kappa shape index (κ3) is 4.59. The molecule has 0 atom stereocenters. The number of aromatic nitrogens is 2. The molecule has 0 saturated carbocycles. The number of hydrogen-bond acceptors (Lipinski definition) is 3. The van der Waals surface area contributed by atoms with Gasteiger partial charge in [0.2, 0.25) is 5.91 Å². The van der Waals surface area contributed by atoms with Gasteiger partial charge >= 0.3 is 0 Å². The van der Waals surface area contributed by atoms with E-state index in [4.69, 9.17) is 0 Å². The van der Waals surface area contributed by atoms with Gasteiger partial charge in [-0.2, -0.15) is 5.10 Å². The van der Waals surface area contributed by atoms with Gasteiger partial charge in [-0.25, -0.2) is 4.68 Å². The molecule has 1 aromatic heterocycles. The fraction of sp³-hybridized carbons (Fsp3) is 0.292. The number of rotatable bonds is 4. The summed E-state index contributed by atoms with van der Waals surface area (Å²) < 4.78 is 1.79.